The summed E-state index contributed by atoms with van der Waals surface area (Å²) in [6.45, 7) is 3.44. The smallest absolute Gasteiger partial charge is 0.326 e. The molecule has 0 radical (unpaired) electrons. The van der Waals surface area contributed by atoms with Gasteiger partial charge >= 0.3 is 12.0 Å². The van der Waals surface area contributed by atoms with Crippen molar-refractivity contribution < 1.29 is 28.8 Å². The Morgan fingerprint density at radius 2 is 1.94 bits per heavy atom. The third-order valence-corrected chi connectivity index (χ3v) is 4.60. The van der Waals surface area contributed by atoms with Crippen LogP contribution in [0.5, 0.6) is 0 Å². The van der Waals surface area contributed by atoms with Crippen molar-refractivity contribution in [1.82, 2.24) is 15.1 Å². The number of para-hydroxylation sites is 1. The van der Waals surface area contributed by atoms with Crippen molar-refractivity contribution in [3.05, 3.63) is 39.9 Å². The summed E-state index contributed by atoms with van der Waals surface area (Å²) < 4.78 is 5.12. The highest BCUT2D eigenvalue weighted by Gasteiger charge is 2.33. The zero-order valence-corrected chi connectivity index (χ0v) is 17.7. The van der Waals surface area contributed by atoms with E-state index >= 15 is 0 Å². The fourth-order valence-electron chi connectivity index (χ4n) is 3.22. The SMILES string of the molecule is CC(C)OC(=O)CC(NC(=O)CCCN1C(=O)CN(C)C1=O)c1ccccc1[N+](=O)[O-]. The minimum absolute atomic E-state index is 0.00272. The summed E-state index contributed by atoms with van der Waals surface area (Å²) in [5.41, 5.74) is -0.0328. The molecule has 1 aromatic rings. The van der Waals surface area contributed by atoms with Crippen molar-refractivity contribution in [3.63, 3.8) is 0 Å². The number of nitro groups is 1. The number of imide groups is 1. The number of nitrogens with zero attached hydrogens (tertiary/aromatic N) is 3. The maximum absolute atomic E-state index is 12.5. The lowest BCUT2D eigenvalue weighted by Gasteiger charge is -2.20. The van der Waals surface area contributed by atoms with Gasteiger partial charge in [-0.1, -0.05) is 18.2 Å². The maximum atomic E-state index is 12.5. The molecule has 31 heavy (non-hydrogen) atoms. The molecule has 11 heteroatoms. The zero-order chi connectivity index (χ0) is 23.1. The molecule has 0 bridgehead atoms. The van der Waals surface area contributed by atoms with Gasteiger partial charge < -0.3 is 15.0 Å². The van der Waals surface area contributed by atoms with Crippen LogP contribution in [0.3, 0.4) is 0 Å². The van der Waals surface area contributed by atoms with Crippen molar-refractivity contribution in [2.24, 2.45) is 0 Å². The summed E-state index contributed by atoms with van der Waals surface area (Å²) in [5.74, 6) is -1.40. The Bertz CT molecular complexity index is 871. The first-order chi connectivity index (χ1) is 14.6. The number of nitrogens with one attached hydrogen (secondary N) is 1. The summed E-state index contributed by atoms with van der Waals surface area (Å²) in [7, 11) is 1.51. The first-order valence-corrected chi connectivity index (χ1v) is 9.87. The number of urea groups is 1. The van der Waals surface area contributed by atoms with E-state index in [4.69, 9.17) is 4.74 Å². The third kappa shape index (κ3) is 6.49. The number of hydrogen-bond acceptors (Lipinski definition) is 7. The molecule has 1 aromatic carbocycles. The number of hydrogen-bond donors (Lipinski definition) is 1. The Morgan fingerprint density at radius 3 is 2.52 bits per heavy atom. The number of benzene rings is 1. The van der Waals surface area contributed by atoms with Crippen LogP contribution >= 0.6 is 0 Å². The number of nitro benzene ring substituents is 1. The van der Waals surface area contributed by atoms with Gasteiger partial charge in [0.05, 0.1) is 29.1 Å². The molecule has 1 atom stereocenters. The maximum Gasteiger partial charge on any atom is 0.326 e. The fourth-order valence-corrected chi connectivity index (χ4v) is 3.22. The highest BCUT2D eigenvalue weighted by atomic mass is 16.6. The summed E-state index contributed by atoms with van der Waals surface area (Å²) in [5, 5.41) is 14.0. The molecule has 168 valence electrons. The van der Waals surface area contributed by atoms with Crippen LogP contribution in [0.1, 0.15) is 44.7 Å². The van der Waals surface area contributed by atoms with E-state index < -0.39 is 28.9 Å². The van der Waals surface area contributed by atoms with Gasteiger partial charge in [-0.2, -0.15) is 0 Å². The Labute approximate surface area is 179 Å². The molecule has 2 rings (SSSR count). The van der Waals surface area contributed by atoms with Crippen molar-refractivity contribution in [1.29, 1.82) is 0 Å². The molecular formula is C20H26N4O7. The van der Waals surface area contributed by atoms with Gasteiger partial charge in [-0.25, -0.2) is 4.79 Å². The molecule has 11 nitrogen and oxygen atoms in total. The first kappa shape index (κ1) is 23.8. The van der Waals surface area contributed by atoms with Gasteiger partial charge in [0.25, 0.3) is 5.69 Å². The third-order valence-electron chi connectivity index (χ3n) is 4.60. The Hall–Kier alpha value is -3.50. The highest BCUT2D eigenvalue weighted by molar-refractivity contribution is 6.01. The van der Waals surface area contributed by atoms with Gasteiger partial charge in [-0.05, 0) is 20.3 Å². The fraction of sp³-hybridized carbons (Fsp3) is 0.500. The largest absolute Gasteiger partial charge is 0.463 e. The van der Waals surface area contributed by atoms with E-state index in [-0.39, 0.29) is 55.6 Å². The Balaban J connectivity index is 2.06. The van der Waals surface area contributed by atoms with Crippen molar-refractivity contribution >= 4 is 29.5 Å². The number of rotatable bonds is 10. The van der Waals surface area contributed by atoms with Crippen molar-refractivity contribution in [2.45, 2.75) is 45.3 Å². The van der Waals surface area contributed by atoms with E-state index in [1.165, 1.54) is 30.1 Å². The van der Waals surface area contributed by atoms with Crippen molar-refractivity contribution in [3.8, 4) is 0 Å². The van der Waals surface area contributed by atoms with Gasteiger partial charge in [-0.3, -0.25) is 29.4 Å². The molecule has 0 aromatic heterocycles. The van der Waals surface area contributed by atoms with Crippen LogP contribution in [-0.4, -0.2) is 64.8 Å². The molecular weight excluding hydrogens is 408 g/mol. The number of amides is 4. The second kappa shape index (κ2) is 10.5. The summed E-state index contributed by atoms with van der Waals surface area (Å²) in [4.78, 5) is 61.5. The van der Waals surface area contributed by atoms with E-state index in [0.717, 1.165) is 4.90 Å². The molecule has 1 heterocycles. The molecule has 0 aliphatic carbocycles. The van der Waals surface area contributed by atoms with E-state index in [1.807, 2.05) is 0 Å². The number of esters is 1. The Morgan fingerprint density at radius 1 is 1.26 bits per heavy atom. The Kier molecular flexibility index (Phi) is 8.06. The first-order valence-electron chi connectivity index (χ1n) is 9.87. The average Bonchev–Trinajstić information content (AvgIpc) is 2.92. The predicted octanol–water partition coefficient (Wildman–Crippen LogP) is 1.77. The summed E-state index contributed by atoms with van der Waals surface area (Å²) in [6.07, 6.45) is -0.458. The zero-order valence-electron chi connectivity index (χ0n) is 17.7. The van der Waals surface area contributed by atoms with Crippen LogP contribution in [0.15, 0.2) is 24.3 Å². The standard InChI is InChI=1S/C20H26N4O7/c1-13(2)31-19(27)11-15(14-7-4-5-8-16(14)24(29)30)21-17(25)9-6-10-23-18(26)12-22(3)20(23)28/h4-5,7-8,13,15H,6,9-12H2,1-3H3,(H,21,25). The summed E-state index contributed by atoms with van der Waals surface area (Å²) in [6, 6.07) is 4.47. The molecule has 1 N–H and O–H groups in total. The van der Waals surface area contributed by atoms with E-state index in [0.29, 0.717) is 0 Å². The van der Waals surface area contributed by atoms with Crippen LogP contribution in [-0.2, 0) is 19.1 Å². The average molecular weight is 434 g/mol. The van der Waals surface area contributed by atoms with Crippen LogP contribution < -0.4 is 5.32 Å². The van der Waals surface area contributed by atoms with Gasteiger partial charge in [0.15, 0.2) is 0 Å². The van der Waals surface area contributed by atoms with Crippen molar-refractivity contribution in [2.75, 3.05) is 20.1 Å². The molecule has 4 amide bonds. The number of carbonyl (C=O) groups is 4. The molecule has 0 saturated carbocycles. The lowest BCUT2D eigenvalue weighted by molar-refractivity contribution is -0.385. The minimum Gasteiger partial charge on any atom is -0.463 e. The van der Waals surface area contributed by atoms with Gasteiger partial charge in [0, 0.05) is 26.1 Å². The molecule has 1 aliphatic rings. The van der Waals surface area contributed by atoms with Gasteiger partial charge in [-0.15, -0.1) is 0 Å². The van der Waals surface area contributed by atoms with Crippen LogP contribution in [0.25, 0.3) is 0 Å². The van der Waals surface area contributed by atoms with Gasteiger partial charge in [0.2, 0.25) is 11.8 Å². The number of carbonyl (C=O) groups excluding carboxylic acids is 4. The lowest BCUT2D eigenvalue weighted by atomic mass is 10.0. The molecule has 1 saturated heterocycles. The highest BCUT2D eigenvalue weighted by Crippen LogP contribution is 2.27. The van der Waals surface area contributed by atoms with E-state index in [1.54, 1.807) is 19.9 Å². The molecule has 1 aliphatic heterocycles. The monoisotopic (exact) mass is 434 g/mol. The van der Waals surface area contributed by atoms with Crippen LogP contribution in [0.2, 0.25) is 0 Å². The van der Waals surface area contributed by atoms with E-state index in [2.05, 4.69) is 5.32 Å². The molecule has 0 spiro atoms. The predicted molar refractivity (Wildman–Crippen MR) is 109 cm³/mol. The normalized spacial score (nSPS) is 14.7. The molecule has 1 unspecified atom stereocenters. The van der Waals surface area contributed by atoms with Gasteiger partial charge in [0.1, 0.15) is 6.54 Å². The minimum atomic E-state index is -0.957. The summed E-state index contributed by atoms with van der Waals surface area (Å²) >= 11 is 0. The second-order valence-electron chi connectivity index (χ2n) is 7.47. The number of ether oxygens (including phenoxy) is 1. The molecule has 1 fully saturated rings. The van der Waals surface area contributed by atoms with Crippen LogP contribution in [0, 0.1) is 10.1 Å². The topological polar surface area (TPSA) is 139 Å². The lowest BCUT2D eigenvalue weighted by Crippen LogP contribution is -2.34. The van der Waals surface area contributed by atoms with Crippen LogP contribution in [0.4, 0.5) is 10.5 Å². The van der Waals surface area contributed by atoms with E-state index in [9.17, 15) is 29.3 Å². The second-order valence-corrected chi connectivity index (χ2v) is 7.47. The quantitative estimate of drug-likeness (QED) is 0.256. The number of likely N-dealkylation sites (N-methyl/N-ethyl adjacent to an activating group) is 1.